The van der Waals surface area contributed by atoms with Gasteiger partial charge in [0.15, 0.2) is 11.5 Å². The normalized spacial score (nSPS) is 12.0. The number of methoxy groups -OCH3 is 3. The molecule has 0 N–H and O–H groups in total. The van der Waals surface area contributed by atoms with Gasteiger partial charge in [0.05, 0.1) is 27.2 Å². The van der Waals surface area contributed by atoms with Crippen LogP contribution in [0.25, 0.3) is 6.08 Å². The van der Waals surface area contributed by atoms with Gasteiger partial charge in [-0.1, -0.05) is 19.9 Å². The Balaban J connectivity index is 2.77. The topological polar surface area (TPSA) is 54.0 Å². The predicted octanol–water partition coefficient (Wildman–Crippen LogP) is 3.31. The first-order chi connectivity index (χ1) is 10.6. The van der Waals surface area contributed by atoms with Crippen molar-refractivity contribution >= 4 is 12.0 Å². The summed E-state index contributed by atoms with van der Waals surface area (Å²) < 4.78 is 21.0. The van der Waals surface area contributed by atoms with E-state index < -0.39 is 0 Å². The lowest BCUT2D eigenvalue weighted by molar-refractivity contribution is -0.146. The molecule has 0 heterocycles. The van der Waals surface area contributed by atoms with Crippen LogP contribution in [0.3, 0.4) is 0 Å². The summed E-state index contributed by atoms with van der Waals surface area (Å²) in [5, 5.41) is 0. The second kappa shape index (κ2) is 8.97. The molecular weight excluding hydrogens is 284 g/mol. The molecule has 5 heteroatoms. The summed E-state index contributed by atoms with van der Waals surface area (Å²) in [6.45, 7) is 4.04. The first-order valence-electron chi connectivity index (χ1n) is 7.20. The Bertz CT molecular complexity index is 497. The molecule has 1 atom stereocenters. The third-order valence-electron chi connectivity index (χ3n) is 3.33. The zero-order chi connectivity index (χ0) is 16.5. The molecule has 0 radical (unpaired) electrons. The van der Waals surface area contributed by atoms with Gasteiger partial charge in [0.2, 0.25) is 5.75 Å². The highest BCUT2D eigenvalue weighted by Crippen LogP contribution is 2.38. The minimum Gasteiger partial charge on any atom is -0.493 e. The molecule has 0 aliphatic heterocycles. The Morgan fingerprint density at radius 1 is 1.14 bits per heavy atom. The van der Waals surface area contributed by atoms with Crippen molar-refractivity contribution in [2.24, 2.45) is 5.92 Å². The van der Waals surface area contributed by atoms with Crippen molar-refractivity contribution in [1.82, 2.24) is 0 Å². The lowest BCUT2D eigenvalue weighted by atomic mass is 10.1. The van der Waals surface area contributed by atoms with Crippen molar-refractivity contribution in [3.05, 3.63) is 23.8 Å². The summed E-state index contributed by atoms with van der Waals surface area (Å²) in [6.07, 6.45) is 4.39. The molecule has 1 aromatic carbocycles. The van der Waals surface area contributed by atoms with Gasteiger partial charge in [-0.2, -0.15) is 0 Å². The van der Waals surface area contributed by atoms with E-state index >= 15 is 0 Å². The Morgan fingerprint density at radius 3 is 2.18 bits per heavy atom. The van der Waals surface area contributed by atoms with Gasteiger partial charge in [-0.3, -0.25) is 4.79 Å². The molecular formula is C17H24O5. The van der Waals surface area contributed by atoms with Gasteiger partial charge in [-0.15, -0.1) is 0 Å². The van der Waals surface area contributed by atoms with E-state index in [1.807, 2.05) is 32.1 Å². The van der Waals surface area contributed by atoms with Crippen molar-refractivity contribution < 1.29 is 23.7 Å². The van der Waals surface area contributed by atoms with E-state index in [2.05, 4.69) is 0 Å². The summed E-state index contributed by atoms with van der Waals surface area (Å²) >= 11 is 0. The zero-order valence-electron chi connectivity index (χ0n) is 13.8. The molecule has 0 amide bonds. The van der Waals surface area contributed by atoms with Gasteiger partial charge in [0.25, 0.3) is 0 Å². The second-order valence-corrected chi connectivity index (χ2v) is 4.80. The number of hydrogen-bond acceptors (Lipinski definition) is 5. The van der Waals surface area contributed by atoms with Crippen LogP contribution >= 0.6 is 0 Å². The first-order valence-corrected chi connectivity index (χ1v) is 7.20. The molecule has 0 aromatic heterocycles. The van der Waals surface area contributed by atoms with Crippen LogP contribution in [0.15, 0.2) is 18.2 Å². The van der Waals surface area contributed by atoms with Crippen molar-refractivity contribution in [3.8, 4) is 17.2 Å². The number of ether oxygens (including phenoxy) is 4. The fourth-order valence-electron chi connectivity index (χ4n) is 1.82. The Hall–Kier alpha value is -2.17. The van der Waals surface area contributed by atoms with Crippen molar-refractivity contribution in [2.75, 3.05) is 27.9 Å². The lowest BCUT2D eigenvalue weighted by Crippen LogP contribution is -2.13. The van der Waals surface area contributed by atoms with Crippen LogP contribution in [0.1, 0.15) is 25.8 Å². The van der Waals surface area contributed by atoms with E-state index in [1.54, 1.807) is 27.4 Å². The maximum Gasteiger partial charge on any atom is 0.308 e. The maximum atomic E-state index is 11.6. The molecule has 0 unspecified atom stereocenters. The van der Waals surface area contributed by atoms with E-state index in [4.69, 9.17) is 18.9 Å². The van der Waals surface area contributed by atoms with Gasteiger partial charge < -0.3 is 18.9 Å². The maximum absolute atomic E-state index is 11.6. The van der Waals surface area contributed by atoms with Crippen LogP contribution in [-0.4, -0.2) is 33.9 Å². The number of carbonyl (C=O) groups excluding carboxylic acids is 1. The SMILES string of the molecule is CC[C@H](C)C(=O)OC/C=C/c1cc(OC)c(OC)c(OC)c1. The average Bonchev–Trinajstić information content (AvgIpc) is 2.56. The minimum absolute atomic E-state index is 0.0745. The molecule has 0 saturated carbocycles. The molecule has 0 aliphatic rings. The number of carbonyl (C=O) groups is 1. The summed E-state index contributed by atoms with van der Waals surface area (Å²) in [5.74, 6) is 1.45. The molecule has 122 valence electrons. The highest BCUT2D eigenvalue weighted by atomic mass is 16.5. The summed E-state index contributed by atoms with van der Waals surface area (Å²) in [6, 6.07) is 3.66. The highest BCUT2D eigenvalue weighted by molar-refractivity contribution is 5.72. The molecule has 0 aliphatic carbocycles. The van der Waals surface area contributed by atoms with Crippen molar-refractivity contribution in [2.45, 2.75) is 20.3 Å². The van der Waals surface area contributed by atoms with E-state index in [9.17, 15) is 4.79 Å². The Labute approximate surface area is 131 Å². The van der Waals surface area contributed by atoms with Gasteiger partial charge in [0, 0.05) is 0 Å². The van der Waals surface area contributed by atoms with Crippen LogP contribution in [-0.2, 0) is 9.53 Å². The fraction of sp³-hybridized carbons (Fsp3) is 0.471. The van der Waals surface area contributed by atoms with Gasteiger partial charge in [-0.25, -0.2) is 0 Å². The zero-order valence-corrected chi connectivity index (χ0v) is 13.8. The fourth-order valence-corrected chi connectivity index (χ4v) is 1.82. The smallest absolute Gasteiger partial charge is 0.308 e. The van der Waals surface area contributed by atoms with Crippen LogP contribution in [0.2, 0.25) is 0 Å². The molecule has 1 aromatic rings. The molecule has 0 spiro atoms. The molecule has 0 saturated heterocycles. The van der Waals surface area contributed by atoms with E-state index in [1.165, 1.54) is 0 Å². The van der Waals surface area contributed by atoms with Gasteiger partial charge in [0.1, 0.15) is 6.61 Å². The van der Waals surface area contributed by atoms with Crippen molar-refractivity contribution in [1.29, 1.82) is 0 Å². The van der Waals surface area contributed by atoms with Gasteiger partial charge >= 0.3 is 5.97 Å². The third kappa shape index (κ3) is 4.69. The highest BCUT2D eigenvalue weighted by Gasteiger charge is 2.12. The summed E-state index contributed by atoms with van der Waals surface area (Å²) in [4.78, 5) is 11.6. The minimum atomic E-state index is -0.183. The number of esters is 1. The quantitative estimate of drug-likeness (QED) is 0.690. The van der Waals surface area contributed by atoms with E-state index in [-0.39, 0.29) is 18.5 Å². The van der Waals surface area contributed by atoms with Gasteiger partial charge in [-0.05, 0) is 30.2 Å². The van der Waals surface area contributed by atoms with Crippen LogP contribution < -0.4 is 14.2 Å². The third-order valence-corrected chi connectivity index (χ3v) is 3.33. The number of benzene rings is 1. The van der Waals surface area contributed by atoms with Crippen LogP contribution in [0, 0.1) is 5.92 Å². The summed E-state index contributed by atoms with van der Waals surface area (Å²) in [7, 11) is 4.70. The average molecular weight is 308 g/mol. The number of hydrogen-bond donors (Lipinski definition) is 0. The molecule has 0 bridgehead atoms. The first kappa shape index (κ1) is 17.9. The summed E-state index contributed by atoms with van der Waals surface area (Å²) in [5.41, 5.74) is 0.870. The van der Waals surface area contributed by atoms with E-state index in [0.717, 1.165) is 12.0 Å². The van der Waals surface area contributed by atoms with E-state index in [0.29, 0.717) is 17.2 Å². The Kier molecular flexibility index (Phi) is 7.29. The number of rotatable bonds is 8. The predicted molar refractivity (Wildman–Crippen MR) is 85.5 cm³/mol. The standard InChI is InChI=1S/C17H24O5/c1-6-12(2)17(18)22-9-7-8-13-10-14(19-3)16(21-5)15(11-13)20-4/h7-8,10-12H,6,9H2,1-5H3/b8-7+/t12-/m0/s1. The van der Waals surface area contributed by atoms with Crippen molar-refractivity contribution in [3.63, 3.8) is 0 Å². The second-order valence-electron chi connectivity index (χ2n) is 4.80. The van der Waals surface area contributed by atoms with Crippen LogP contribution in [0.4, 0.5) is 0 Å². The molecule has 0 fully saturated rings. The Morgan fingerprint density at radius 2 is 1.73 bits per heavy atom. The molecule has 1 rings (SSSR count). The monoisotopic (exact) mass is 308 g/mol. The van der Waals surface area contributed by atoms with Crippen LogP contribution in [0.5, 0.6) is 17.2 Å². The largest absolute Gasteiger partial charge is 0.493 e. The lowest BCUT2D eigenvalue weighted by Gasteiger charge is -2.12. The molecule has 22 heavy (non-hydrogen) atoms. The molecule has 5 nitrogen and oxygen atoms in total.